The number of hydrogen-bond donors (Lipinski definition) is 2. The molecule has 0 saturated carbocycles. The Balaban J connectivity index is 1.86. The Hall–Kier alpha value is -2.33. The number of aliphatic carboxylic acids is 2. The molecule has 1 aromatic carbocycles. The second-order valence-corrected chi connectivity index (χ2v) is 8.63. The highest BCUT2D eigenvalue weighted by molar-refractivity contribution is 8.26. The number of furan rings is 1. The third-order valence-corrected chi connectivity index (χ3v) is 6.12. The molecule has 1 aromatic heterocycles. The second-order valence-electron chi connectivity index (χ2n) is 6.14. The van der Waals surface area contributed by atoms with E-state index in [-0.39, 0.29) is 15.6 Å². The van der Waals surface area contributed by atoms with Gasteiger partial charge in [0.15, 0.2) is 0 Å². The van der Waals surface area contributed by atoms with E-state index in [0.29, 0.717) is 27.1 Å². The number of halogens is 2. The van der Waals surface area contributed by atoms with E-state index < -0.39 is 30.3 Å². The number of carboxylic acid groups (broad SMARTS) is 2. The Morgan fingerprint density at radius 1 is 1.20 bits per heavy atom. The Kier molecular flexibility index (Phi) is 6.87. The molecule has 0 aliphatic carbocycles. The van der Waals surface area contributed by atoms with Crippen molar-refractivity contribution in [2.45, 2.75) is 18.9 Å². The smallest absolute Gasteiger partial charge is 0.326 e. The average molecular weight is 486 g/mol. The molecule has 7 nitrogen and oxygen atoms in total. The van der Waals surface area contributed by atoms with E-state index in [1.54, 1.807) is 30.3 Å². The number of carbonyl (C=O) groups is 3. The van der Waals surface area contributed by atoms with E-state index in [4.69, 9.17) is 44.9 Å². The summed E-state index contributed by atoms with van der Waals surface area (Å²) in [7, 11) is 0. The van der Waals surface area contributed by atoms with Gasteiger partial charge >= 0.3 is 11.9 Å². The minimum atomic E-state index is -1.37. The Morgan fingerprint density at radius 3 is 2.47 bits per heavy atom. The van der Waals surface area contributed by atoms with Crippen LogP contribution in [0.15, 0.2) is 39.7 Å². The molecule has 1 amide bonds. The van der Waals surface area contributed by atoms with Gasteiger partial charge < -0.3 is 14.6 Å². The number of thioether (sulfide) groups is 1. The lowest BCUT2D eigenvalue weighted by molar-refractivity contribution is -0.146. The van der Waals surface area contributed by atoms with Gasteiger partial charge in [-0.2, -0.15) is 0 Å². The molecule has 156 valence electrons. The predicted molar refractivity (Wildman–Crippen MR) is 117 cm³/mol. The number of amides is 1. The van der Waals surface area contributed by atoms with Crippen molar-refractivity contribution in [3.63, 3.8) is 0 Å². The van der Waals surface area contributed by atoms with Gasteiger partial charge in [-0.3, -0.25) is 14.5 Å². The summed E-state index contributed by atoms with van der Waals surface area (Å²) in [6.45, 7) is 0. The fourth-order valence-electron chi connectivity index (χ4n) is 2.80. The number of nitrogens with zero attached hydrogens (tertiary/aromatic N) is 1. The van der Waals surface area contributed by atoms with E-state index in [0.717, 1.165) is 16.7 Å². The molecule has 11 heteroatoms. The number of carboxylic acids is 2. The fourth-order valence-corrected chi connectivity index (χ4v) is 4.72. The average Bonchev–Trinajstić information content (AvgIpc) is 3.21. The monoisotopic (exact) mass is 485 g/mol. The number of rotatable bonds is 7. The van der Waals surface area contributed by atoms with Crippen molar-refractivity contribution in [1.29, 1.82) is 0 Å². The molecule has 2 heterocycles. The molecule has 0 radical (unpaired) electrons. The molecule has 1 fully saturated rings. The molecule has 1 saturated heterocycles. The first-order valence-corrected chi connectivity index (χ1v) is 10.4. The summed E-state index contributed by atoms with van der Waals surface area (Å²) in [5.74, 6) is -2.40. The minimum Gasteiger partial charge on any atom is -0.481 e. The van der Waals surface area contributed by atoms with Crippen molar-refractivity contribution in [2.75, 3.05) is 0 Å². The predicted octanol–water partition coefficient (Wildman–Crippen LogP) is 4.77. The van der Waals surface area contributed by atoms with Crippen LogP contribution in [0.1, 0.15) is 18.6 Å². The molecular weight excluding hydrogens is 473 g/mol. The van der Waals surface area contributed by atoms with Gasteiger partial charge in [-0.1, -0.05) is 53.2 Å². The summed E-state index contributed by atoms with van der Waals surface area (Å²) < 4.78 is 5.76. The molecule has 2 N–H and O–H groups in total. The van der Waals surface area contributed by atoms with E-state index in [2.05, 4.69) is 0 Å². The summed E-state index contributed by atoms with van der Waals surface area (Å²) >= 11 is 18.4. The SMILES string of the molecule is O=C(O)CCC(C(=O)O)N1C(=O)/C(=C\c2ccc(-c3c(Cl)cccc3Cl)o2)SC1=S. The van der Waals surface area contributed by atoms with E-state index >= 15 is 0 Å². The van der Waals surface area contributed by atoms with Gasteiger partial charge in [-0.05, 0) is 30.7 Å². The van der Waals surface area contributed by atoms with Crippen LogP contribution in [0.2, 0.25) is 10.0 Å². The summed E-state index contributed by atoms with van der Waals surface area (Å²) in [5.41, 5.74) is 0.507. The normalized spacial score (nSPS) is 16.3. The number of benzene rings is 1. The van der Waals surface area contributed by atoms with Gasteiger partial charge in [0.25, 0.3) is 5.91 Å². The van der Waals surface area contributed by atoms with Crippen LogP contribution in [-0.4, -0.2) is 43.3 Å². The summed E-state index contributed by atoms with van der Waals surface area (Å²) in [6.07, 6.45) is 0.761. The quantitative estimate of drug-likeness (QED) is 0.426. The van der Waals surface area contributed by atoms with Gasteiger partial charge in [-0.15, -0.1) is 0 Å². The van der Waals surface area contributed by atoms with Gasteiger partial charge in [0.2, 0.25) is 0 Å². The lowest BCUT2D eigenvalue weighted by Gasteiger charge is -2.22. The summed E-state index contributed by atoms with van der Waals surface area (Å²) in [4.78, 5) is 36.2. The maximum absolute atomic E-state index is 12.8. The van der Waals surface area contributed by atoms with Crippen LogP contribution in [0.5, 0.6) is 0 Å². The van der Waals surface area contributed by atoms with Crippen molar-refractivity contribution in [3.8, 4) is 11.3 Å². The van der Waals surface area contributed by atoms with Gasteiger partial charge in [0, 0.05) is 12.5 Å². The van der Waals surface area contributed by atoms with Crippen molar-refractivity contribution in [3.05, 3.63) is 51.0 Å². The first kappa shape index (κ1) is 22.4. The lowest BCUT2D eigenvalue weighted by Crippen LogP contribution is -2.44. The summed E-state index contributed by atoms with van der Waals surface area (Å²) in [5, 5.41) is 19.0. The van der Waals surface area contributed by atoms with Crippen molar-refractivity contribution in [2.24, 2.45) is 0 Å². The minimum absolute atomic E-state index is 0.0324. The van der Waals surface area contributed by atoms with E-state index in [1.807, 2.05) is 0 Å². The first-order chi connectivity index (χ1) is 14.2. The molecule has 0 spiro atoms. The van der Waals surface area contributed by atoms with Crippen molar-refractivity contribution >= 4 is 75.4 Å². The molecule has 0 bridgehead atoms. The molecule has 1 aliphatic heterocycles. The van der Waals surface area contributed by atoms with Crippen LogP contribution in [0, 0.1) is 0 Å². The van der Waals surface area contributed by atoms with Crippen LogP contribution in [0.25, 0.3) is 17.4 Å². The number of thiocarbonyl (C=S) groups is 1. The zero-order chi connectivity index (χ0) is 22.0. The Labute approximate surface area is 190 Å². The molecular formula is C19H13Cl2NO6S2. The van der Waals surface area contributed by atoms with Crippen LogP contribution >= 0.6 is 47.2 Å². The molecule has 30 heavy (non-hydrogen) atoms. The third kappa shape index (κ3) is 4.70. The largest absolute Gasteiger partial charge is 0.481 e. The summed E-state index contributed by atoms with van der Waals surface area (Å²) in [6, 6.07) is 6.92. The maximum Gasteiger partial charge on any atom is 0.326 e. The molecule has 1 unspecified atom stereocenters. The van der Waals surface area contributed by atoms with Crippen LogP contribution < -0.4 is 0 Å². The third-order valence-electron chi connectivity index (χ3n) is 4.16. The Morgan fingerprint density at radius 2 is 1.87 bits per heavy atom. The zero-order valence-corrected chi connectivity index (χ0v) is 18.1. The van der Waals surface area contributed by atoms with Gasteiger partial charge in [0.1, 0.15) is 21.9 Å². The highest BCUT2D eigenvalue weighted by atomic mass is 35.5. The van der Waals surface area contributed by atoms with Crippen LogP contribution in [0.3, 0.4) is 0 Å². The molecule has 2 aromatic rings. The van der Waals surface area contributed by atoms with Gasteiger partial charge in [-0.25, -0.2) is 4.79 Å². The topological polar surface area (TPSA) is 108 Å². The highest BCUT2D eigenvalue weighted by Crippen LogP contribution is 2.38. The highest BCUT2D eigenvalue weighted by Gasteiger charge is 2.40. The van der Waals surface area contributed by atoms with Crippen LogP contribution in [0.4, 0.5) is 0 Å². The van der Waals surface area contributed by atoms with E-state index in [9.17, 15) is 19.5 Å². The number of hydrogen-bond acceptors (Lipinski definition) is 6. The molecule has 3 rings (SSSR count). The standard InChI is InChI=1S/C19H13Cl2NO6S2/c20-10-2-1-3-11(21)16(10)13-6-4-9(28-13)8-14-17(25)22(19(29)30-14)12(18(26)27)5-7-15(23)24/h1-4,6,8,12H,5,7H2,(H,23,24)(H,26,27)/b14-8+. The van der Waals surface area contributed by atoms with Crippen molar-refractivity contribution in [1.82, 2.24) is 4.90 Å². The van der Waals surface area contributed by atoms with E-state index in [1.165, 1.54) is 6.08 Å². The van der Waals surface area contributed by atoms with Crippen molar-refractivity contribution < 1.29 is 29.0 Å². The zero-order valence-electron chi connectivity index (χ0n) is 15.0. The Bertz CT molecular complexity index is 1060. The second kappa shape index (κ2) is 9.22. The first-order valence-electron chi connectivity index (χ1n) is 8.45. The molecule has 1 atom stereocenters. The molecule has 1 aliphatic rings. The van der Waals surface area contributed by atoms with Gasteiger partial charge in [0.05, 0.1) is 20.5 Å². The fraction of sp³-hybridized carbons (Fsp3) is 0.158. The van der Waals surface area contributed by atoms with Crippen LogP contribution in [-0.2, 0) is 14.4 Å². The maximum atomic E-state index is 12.8. The lowest BCUT2D eigenvalue weighted by atomic mass is 10.1. The number of carbonyl (C=O) groups excluding carboxylic acids is 1.